The molecule has 0 bridgehead atoms. The first-order valence-corrected chi connectivity index (χ1v) is 14.2. The molecule has 0 saturated carbocycles. The van der Waals surface area contributed by atoms with Gasteiger partial charge in [0.05, 0.1) is 6.61 Å². The van der Waals surface area contributed by atoms with Gasteiger partial charge in [0.25, 0.3) is 0 Å². The normalized spacial score (nSPS) is 9.90. The van der Waals surface area contributed by atoms with Crippen LogP contribution in [-0.2, 0) is 34.8 Å². The highest BCUT2D eigenvalue weighted by atomic mass is 35.5. The summed E-state index contributed by atoms with van der Waals surface area (Å²) in [6.07, 6.45) is 2.93. The number of aliphatic hydroxyl groups is 1. The van der Waals surface area contributed by atoms with E-state index in [9.17, 15) is 4.79 Å². The molecule has 4 nitrogen and oxygen atoms in total. The van der Waals surface area contributed by atoms with E-state index in [1.54, 1.807) is 0 Å². The van der Waals surface area contributed by atoms with E-state index in [0.29, 0.717) is 12.5 Å². The molecule has 0 aliphatic rings. The molecule has 40 heavy (non-hydrogen) atoms. The lowest BCUT2D eigenvalue weighted by Crippen LogP contribution is -2.09. The Morgan fingerprint density at radius 2 is 1.10 bits per heavy atom. The summed E-state index contributed by atoms with van der Waals surface area (Å²) in [5.74, 6) is 0.611. The van der Waals surface area contributed by atoms with Crippen LogP contribution in [-0.4, -0.2) is 24.5 Å². The van der Waals surface area contributed by atoms with Gasteiger partial charge < -0.3 is 14.6 Å². The van der Waals surface area contributed by atoms with Crippen LogP contribution in [0, 0.1) is 13.8 Å². The van der Waals surface area contributed by atoms with Crippen LogP contribution in [0.15, 0.2) is 109 Å². The Bertz CT molecular complexity index is 1180. The van der Waals surface area contributed by atoms with Gasteiger partial charge >= 0.3 is 6.16 Å². The Labute approximate surface area is 244 Å². The van der Waals surface area contributed by atoms with E-state index in [4.69, 9.17) is 26.2 Å². The summed E-state index contributed by atoms with van der Waals surface area (Å²) in [7, 11) is 0. The van der Waals surface area contributed by atoms with Gasteiger partial charge in [0.15, 0.2) is 0 Å². The van der Waals surface area contributed by atoms with Crippen LogP contribution in [0.1, 0.15) is 46.2 Å². The predicted molar refractivity (Wildman–Crippen MR) is 165 cm³/mol. The van der Waals surface area contributed by atoms with E-state index in [2.05, 4.69) is 43.3 Å². The van der Waals surface area contributed by atoms with Gasteiger partial charge in [-0.15, -0.1) is 11.6 Å². The fourth-order valence-electron chi connectivity index (χ4n) is 3.55. The van der Waals surface area contributed by atoms with Crippen molar-refractivity contribution in [2.45, 2.75) is 52.0 Å². The molecule has 0 fully saturated rings. The molecule has 0 heterocycles. The first-order valence-electron chi connectivity index (χ1n) is 13.7. The van der Waals surface area contributed by atoms with Gasteiger partial charge in [-0.1, -0.05) is 120 Å². The molecule has 0 aliphatic carbocycles. The van der Waals surface area contributed by atoms with Gasteiger partial charge in [0.2, 0.25) is 0 Å². The predicted octanol–water partition coefficient (Wildman–Crippen LogP) is 8.63. The number of alkyl halides is 1. The van der Waals surface area contributed by atoms with Crippen molar-refractivity contribution < 1.29 is 19.4 Å². The Hall–Kier alpha value is -3.60. The number of hydrogen-bond acceptors (Lipinski definition) is 4. The zero-order valence-corrected chi connectivity index (χ0v) is 24.4. The van der Waals surface area contributed by atoms with E-state index in [1.165, 1.54) is 27.8 Å². The number of rotatable bonds is 10. The number of aryl methyl sites for hydroxylation is 4. The minimum absolute atomic E-state index is 0.248. The van der Waals surface area contributed by atoms with Gasteiger partial charge in [-0.05, 0) is 61.8 Å². The number of halogens is 1. The van der Waals surface area contributed by atoms with Crippen molar-refractivity contribution >= 4 is 17.8 Å². The molecule has 4 aromatic carbocycles. The first kappa shape index (κ1) is 32.6. The molecular weight excluding hydrogens is 520 g/mol. The van der Waals surface area contributed by atoms with Gasteiger partial charge in [-0.2, -0.15) is 0 Å². The fraction of sp³-hybridized carbons (Fsp3) is 0.286. The molecule has 0 atom stereocenters. The summed E-state index contributed by atoms with van der Waals surface area (Å²) >= 11 is 5.58. The number of aliphatic hydroxyl groups excluding tert-OH is 1. The number of ether oxygens (including phenoxy) is 2. The monoisotopic (exact) mass is 560 g/mol. The van der Waals surface area contributed by atoms with Crippen molar-refractivity contribution in [3.63, 3.8) is 0 Å². The molecular formula is C35H41ClO4. The van der Waals surface area contributed by atoms with Crippen LogP contribution < -0.4 is 0 Å². The molecule has 4 rings (SSSR count). The second-order valence-corrected chi connectivity index (χ2v) is 9.66. The lowest BCUT2D eigenvalue weighted by molar-refractivity contribution is 0.0492. The summed E-state index contributed by atoms with van der Waals surface area (Å²) in [5, 5.41) is 8.53. The lowest BCUT2D eigenvalue weighted by Gasteiger charge is -2.06. The van der Waals surface area contributed by atoms with Gasteiger partial charge in [-0.25, -0.2) is 4.79 Å². The zero-order valence-electron chi connectivity index (χ0n) is 23.6. The Morgan fingerprint density at radius 3 is 1.57 bits per heavy atom. The molecule has 0 aromatic heterocycles. The molecule has 5 heteroatoms. The van der Waals surface area contributed by atoms with Crippen molar-refractivity contribution in [2.75, 3.05) is 13.2 Å². The maximum absolute atomic E-state index is 11.5. The molecule has 0 amide bonds. The number of benzene rings is 4. The second-order valence-electron chi connectivity index (χ2n) is 9.39. The van der Waals surface area contributed by atoms with E-state index < -0.39 is 6.16 Å². The second kappa shape index (κ2) is 20.3. The molecule has 0 radical (unpaired) electrons. The van der Waals surface area contributed by atoms with Crippen molar-refractivity contribution in [3.8, 4) is 0 Å². The summed E-state index contributed by atoms with van der Waals surface area (Å²) in [4.78, 5) is 11.5. The Balaban J connectivity index is 0.000000243. The average Bonchev–Trinajstić information content (AvgIpc) is 3.00. The zero-order chi connectivity index (χ0) is 28.8. The van der Waals surface area contributed by atoms with Gasteiger partial charge in [0, 0.05) is 12.5 Å². The van der Waals surface area contributed by atoms with Crippen LogP contribution in [0.2, 0.25) is 0 Å². The average molecular weight is 561 g/mol. The fourth-order valence-corrected chi connectivity index (χ4v) is 3.73. The summed E-state index contributed by atoms with van der Waals surface area (Å²) in [5.41, 5.74) is 7.15. The van der Waals surface area contributed by atoms with Crippen LogP contribution in [0.3, 0.4) is 0 Å². The third kappa shape index (κ3) is 15.1. The third-order valence-corrected chi connectivity index (χ3v) is 6.20. The first-order chi connectivity index (χ1) is 19.5. The molecule has 0 aliphatic heterocycles. The highest BCUT2D eigenvalue weighted by Gasteiger charge is 2.04. The van der Waals surface area contributed by atoms with Crippen molar-refractivity contribution in [1.82, 2.24) is 0 Å². The molecule has 0 unspecified atom stereocenters. The summed E-state index contributed by atoms with van der Waals surface area (Å²) < 4.78 is 10.1. The highest BCUT2D eigenvalue weighted by molar-refractivity contribution is 6.17. The topological polar surface area (TPSA) is 55.8 Å². The van der Waals surface area contributed by atoms with E-state index in [0.717, 1.165) is 31.2 Å². The standard InChI is InChI=1S/C18H20O3.C9H12O.C8H9Cl/c1-15-9-11-17(12-10-15)14-21-18(19)20-13-5-8-16-6-3-2-4-7-16;10-8-4-7-9-5-2-1-3-6-9;1-7-2-4-8(6-9)5-3-7/h2-4,6-7,9-12H,5,8,13-14H2,1H3;1-3,5-6,10H,4,7-8H2;2-5H,6H2,1H3. The Morgan fingerprint density at radius 1 is 0.625 bits per heavy atom. The number of carbonyl (C=O) groups is 1. The molecule has 0 spiro atoms. The highest BCUT2D eigenvalue weighted by Crippen LogP contribution is 2.07. The van der Waals surface area contributed by atoms with E-state index >= 15 is 0 Å². The quantitative estimate of drug-likeness (QED) is 0.120. The molecule has 0 saturated heterocycles. The molecule has 212 valence electrons. The van der Waals surface area contributed by atoms with E-state index in [1.807, 2.05) is 79.7 Å². The number of carbonyl (C=O) groups excluding carboxylic acids is 1. The maximum atomic E-state index is 11.5. The van der Waals surface area contributed by atoms with E-state index in [-0.39, 0.29) is 13.2 Å². The van der Waals surface area contributed by atoms with Crippen LogP contribution in [0.5, 0.6) is 0 Å². The van der Waals surface area contributed by atoms with Crippen LogP contribution >= 0.6 is 11.6 Å². The summed E-state index contributed by atoms with van der Waals surface area (Å²) in [6.45, 7) is 5.00. The van der Waals surface area contributed by atoms with Gasteiger partial charge in [0.1, 0.15) is 6.61 Å². The Kier molecular flexibility index (Phi) is 16.6. The lowest BCUT2D eigenvalue weighted by atomic mass is 10.1. The smallest absolute Gasteiger partial charge is 0.434 e. The molecule has 1 N–H and O–H groups in total. The third-order valence-electron chi connectivity index (χ3n) is 5.89. The SMILES string of the molecule is Cc1ccc(CCl)cc1.Cc1ccc(COC(=O)OCCCc2ccccc2)cc1.OCCCc1ccccc1. The molecule has 4 aromatic rings. The van der Waals surface area contributed by atoms with Gasteiger partial charge in [-0.3, -0.25) is 0 Å². The maximum Gasteiger partial charge on any atom is 0.508 e. The minimum Gasteiger partial charge on any atom is -0.434 e. The van der Waals surface area contributed by atoms with Crippen LogP contribution in [0.25, 0.3) is 0 Å². The van der Waals surface area contributed by atoms with Crippen LogP contribution in [0.4, 0.5) is 4.79 Å². The van der Waals surface area contributed by atoms with Crippen molar-refractivity contribution in [3.05, 3.63) is 143 Å². The van der Waals surface area contributed by atoms with Crippen molar-refractivity contribution in [1.29, 1.82) is 0 Å². The largest absolute Gasteiger partial charge is 0.508 e. The minimum atomic E-state index is -0.608. The van der Waals surface area contributed by atoms with Crippen molar-refractivity contribution in [2.24, 2.45) is 0 Å². The number of hydrogen-bond donors (Lipinski definition) is 1. The summed E-state index contributed by atoms with van der Waals surface area (Å²) in [6, 6.07) is 36.4.